The van der Waals surface area contributed by atoms with Crippen molar-refractivity contribution >= 4 is 103 Å². The van der Waals surface area contributed by atoms with Crippen LogP contribution in [0.2, 0.25) is 0 Å². The van der Waals surface area contributed by atoms with Crippen LogP contribution < -0.4 is 0 Å². The standard InChI is InChI=1S/C55H37IN4/c1-2-46(37-19-6-3-7-20-37)57-55(58-54(56)38-21-8-4-9-22-38)43-29-16-28-42-41(43)27-17-31-47(42)60-48-30-15-14-26-44(48)52-50(60)35-33-45-51-40-25-13-12-18-36(40)32-34-49(51)59(53(45)52)39-23-10-5-11-24-39/h2-35H,1H3/b46-2+,57-55?,58-54?. The van der Waals surface area contributed by atoms with E-state index in [9.17, 15) is 0 Å². The van der Waals surface area contributed by atoms with Gasteiger partial charge in [0.05, 0.1) is 33.5 Å². The summed E-state index contributed by atoms with van der Waals surface area (Å²) in [7, 11) is 0. The minimum atomic E-state index is 0.659. The SMILES string of the molecule is C/C=C(/N=C(N=C(I)c1ccccc1)c1cccc2c(-n3c4ccccc4c4c3ccc3c5c6ccccc6ccc5n(-c5ccccc5)c34)cccc12)c1ccccc1. The van der Waals surface area contributed by atoms with Crippen LogP contribution in [0.25, 0.3) is 82.2 Å². The number of allylic oxidation sites excluding steroid dienone is 1. The molecule has 2 heterocycles. The van der Waals surface area contributed by atoms with E-state index in [-0.39, 0.29) is 0 Å². The zero-order valence-corrected chi connectivity index (χ0v) is 35.0. The smallest absolute Gasteiger partial charge is 0.161 e. The third-order valence-electron chi connectivity index (χ3n) is 11.6. The van der Waals surface area contributed by atoms with Crippen LogP contribution in [0.4, 0.5) is 0 Å². The first kappa shape index (κ1) is 36.0. The molecular weight excluding hydrogens is 844 g/mol. The normalized spacial score (nSPS) is 12.8. The molecule has 0 N–H and O–H groups in total. The first-order chi connectivity index (χ1) is 29.7. The molecule has 0 amide bonds. The largest absolute Gasteiger partial charge is 0.309 e. The number of aliphatic imine (C=N–C) groups is 2. The topological polar surface area (TPSA) is 34.6 Å². The Morgan fingerprint density at radius 3 is 1.85 bits per heavy atom. The molecule has 11 aromatic rings. The van der Waals surface area contributed by atoms with Crippen LogP contribution in [0.15, 0.2) is 216 Å². The minimum Gasteiger partial charge on any atom is -0.309 e. The number of amidine groups is 1. The Labute approximate surface area is 361 Å². The van der Waals surface area contributed by atoms with Crippen molar-refractivity contribution in [3.63, 3.8) is 0 Å². The molecule has 284 valence electrons. The maximum absolute atomic E-state index is 5.33. The summed E-state index contributed by atoms with van der Waals surface area (Å²) >= 11 is 2.35. The molecule has 0 aliphatic carbocycles. The van der Waals surface area contributed by atoms with Crippen molar-refractivity contribution in [2.24, 2.45) is 9.98 Å². The molecule has 9 aromatic carbocycles. The fourth-order valence-electron chi connectivity index (χ4n) is 9.01. The molecule has 0 aliphatic heterocycles. The van der Waals surface area contributed by atoms with Crippen molar-refractivity contribution in [1.82, 2.24) is 9.13 Å². The molecule has 0 atom stereocenters. The molecule has 0 fully saturated rings. The number of benzene rings is 9. The number of hydrogen-bond donors (Lipinski definition) is 0. The van der Waals surface area contributed by atoms with Crippen LogP contribution in [-0.2, 0) is 0 Å². The van der Waals surface area contributed by atoms with E-state index in [1.165, 1.54) is 43.4 Å². The highest BCUT2D eigenvalue weighted by atomic mass is 127. The molecule has 60 heavy (non-hydrogen) atoms. The number of rotatable bonds is 6. The Bertz CT molecular complexity index is 3540. The molecule has 2 aromatic heterocycles. The lowest BCUT2D eigenvalue weighted by Crippen LogP contribution is -2.04. The number of halogens is 1. The summed E-state index contributed by atoms with van der Waals surface area (Å²) in [5, 5.41) is 9.64. The summed E-state index contributed by atoms with van der Waals surface area (Å²) in [5.74, 6) is 0.659. The van der Waals surface area contributed by atoms with Crippen LogP contribution in [0.1, 0.15) is 23.6 Å². The predicted molar refractivity (Wildman–Crippen MR) is 264 cm³/mol. The van der Waals surface area contributed by atoms with Crippen molar-refractivity contribution in [1.29, 1.82) is 0 Å². The van der Waals surface area contributed by atoms with Gasteiger partial charge in [0, 0.05) is 43.7 Å². The van der Waals surface area contributed by atoms with Gasteiger partial charge in [-0.25, -0.2) is 9.98 Å². The summed E-state index contributed by atoms with van der Waals surface area (Å²) in [6, 6.07) is 71.4. The van der Waals surface area contributed by atoms with E-state index in [0.29, 0.717) is 5.84 Å². The molecule has 0 aliphatic rings. The van der Waals surface area contributed by atoms with Gasteiger partial charge in [0.2, 0.25) is 0 Å². The molecule has 0 bridgehead atoms. The monoisotopic (exact) mass is 880 g/mol. The Balaban J connectivity index is 1.20. The van der Waals surface area contributed by atoms with Gasteiger partial charge < -0.3 is 9.13 Å². The third kappa shape index (κ3) is 5.88. The summed E-state index contributed by atoms with van der Waals surface area (Å²) < 4.78 is 5.80. The van der Waals surface area contributed by atoms with Gasteiger partial charge in [-0.05, 0) is 87.6 Å². The van der Waals surface area contributed by atoms with Crippen molar-refractivity contribution < 1.29 is 0 Å². The molecule has 11 rings (SSSR count). The van der Waals surface area contributed by atoms with Gasteiger partial charge in [-0.1, -0.05) is 170 Å². The predicted octanol–water partition coefficient (Wildman–Crippen LogP) is 14.9. The van der Waals surface area contributed by atoms with Gasteiger partial charge >= 0.3 is 0 Å². The molecule has 0 radical (unpaired) electrons. The average molecular weight is 881 g/mol. The van der Waals surface area contributed by atoms with Crippen LogP contribution >= 0.6 is 22.6 Å². The number of hydrogen-bond acceptors (Lipinski definition) is 1. The Hall–Kier alpha value is -7.09. The molecular formula is C55H37IN4. The second kappa shape index (κ2) is 14.9. The highest BCUT2D eigenvalue weighted by Crippen LogP contribution is 2.44. The van der Waals surface area contributed by atoms with Gasteiger partial charge in [-0.15, -0.1) is 0 Å². The van der Waals surface area contributed by atoms with Gasteiger partial charge in [-0.2, -0.15) is 0 Å². The van der Waals surface area contributed by atoms with Gasteiger partial charge in [0.25, 0.3) is 0 Å². The maximum atomic E-state index is 5.33. The zero-order valence-electron chi connectivity index (χ0n) is 32.8. The van der Waals surface area contributed by atoms with Gasteiger partial charge in [-0.3, -0.25) is 0 Å². The number of para-hydroxylation sites is 2. The highest BCUT2D eigenvalue weighted by molar-refractivity contribution is 14.1. The first-order valence-corrected chi connectivity index (χ1v) is 21.3. The highest BCUT2D eigenvalue weighted by Gasteiger charge is 2.23. The van der Waals surface area contributed by atoms with Gasteiger partial charge in [0.15, 0.2) is 5.84 Å². The molecule has 0 unspecified atom stereocenters. The van der Waals surface area contributed by atoms with E-state index in [4.69, 9.17) is 9.98 Å². The lowest BCUT2D eigenvalue weighted by Gasteiger charge is -2.15. The van der Waals surface area contributed by atoms with Crippen molar-refractivity contribution in [2.75, 3.05) is 0 Å². The number of fused-ring (bicyclic) bond motifs is 10. The lowest BCUT2D eigenvalue weighted by atomic mass is 10.0. The molecule has 4 nitrogen and oxygen atoms in total. The second-order valence-electron chi connectivity index (χ2n) is 15.0. The zero-order chi connectivity index (χ0) is 40.2. The van der Waals surface area contributed by atoms with Gasteiger partial charge in [0.1, 0.15) is 3.72 Å². The fourth-order valence-corrected chi connectivity index (χ4v) is 9.60. The van der Waals surface area contributed by atoms with Crippen LogP contribution in [0.3, 0.4) is 0 Å². The summed E-state index contributed by atoms with van der Waals surface area (Å²) in [6.45, 7) is 2.04. The molecule has 0 saturated heterocycles. The van der Waals surface area contributed by atoms with E-state index < -0.39 is 0 Å². The minimum absolute atomic E-state index is 0.659. The second-order valence-corrected chi connectivity index (χ2v) is 16.0. The van der Waals surface area contributed by atoms with Crippen LogP contribution in [0, 0.1) is 0 Å². The van der Waals surface area contributed by atoms with Crippen molar-refractivity contribution in [2.45, 2.75) is 6.92 Å². The Morgan fingerprint density at radius 1 is 0.450 bits per heavy atom. The maximum Gasteiger partial charge on any atom is 0.161 e. The van der Waals surface area contributed by atoms with Crippen molar-refractivity contribution in [3.05, 3.63) is 223 Å². The first-order valence-electron chi connectivity index (χ1n) is 20.2. The third-order valence-corrected chi connectivity index (χ3v) is 12.5. The molecule has 0 spiro atoms. The van der Waals surface area contributed by atoms with Crippen LogP contribution in [-0.4, -0.2) is 18.7 Å². The van der Waals surface area contributed by atoms with E-state index in [1.807, 2.05) is 31.2 Å². The van der Waals surface area contributed by atoms with E-state index in [0.717, 1.165) is 59.3 Å². The summed E-state index contributed by atoms with van der Waals surface area (Å²) in [6.07, 6.45) is 2.06. The summed E-state index contributed by atoms with van der Waals surface area (Å²) in [4.78, 5) is 10.6. The molecule has 0 saturated carbocycles. The van der Waals surface area contributed by atoms with Crippen molar-refractivity contribution in [3.8, 4) is 11.4 Å². The number of aromatic nitrogens is 2. The Morgan fingerprint density at radius 2 is 1.07 bits per heavy atom. The van der Waals surface area contributed by atoms with Crippen LogP contribution in [0.5, 0.6) is 0 Å². The fraction of sp³-hybridized carbons (Fsp3) is 0.0182. The molecule has 5 heteroatoms. The quantitative estimate of drug-likeness (QED) is 0.0906. The van der Waals surface area contributed by atoms with E-state index >= 15 is 0 Å². The summed E-state index contributed by atoms with van der Waals surface area (Å²) in [5.41, 5.74) is 10.9. The van der Waals surface area contributed by atoms with E-state index in [2.05, 4.69) is 214 Å². The average Bonchev–Trinajstić information content (AvgIpc) is 3.84. The lowest BCUT2D eigenvalue weighted by molar-refractivity contribution is 1.18. The van der Waals surface area contributed by atoms with E-state index in [1.54, 1.807) is 0 Å². The number of nitrogens with zero attached hydrogens (tertiary/aromatic N) is 4. The Kier molecular flexibility index (Phi) is 8.97.